The molecule has 102 valence electrons. The second-order valence-electron chi connectivity index (χ2n) is 4.06. The van der Waals surface area contributed by atoms with Crippen molar-refractivity contribution in [3.05, 3.63) is 0 Å². The summed E-state index contributed by atoms with van der Waals surface area (Å²) in [7, 11) is 0. The fourth-order valence-corrected chi connectivity index (χ4v) is 1.36. The largest absolute Gasteiger partial charge is 0.465 e. The highest BCUT2D eigenvalue weighted by atomic mass is 19.4. The molecule has 4 nitrogen and oxygen atoms in total. The summed E-state index contributed by atoms with van der Waals surface area (Å²) in [6.45, 7) is 3.58. The van der Waals surface area contributed by atoms with Gasteiger partial charge in [0.15, 0.2) is 0 Å². The van der Waals surface area contributed by atoms with E-state index in [1.807, 2.05) is 0 Å². The Balaban J connectivity index is 4.49. The molecule has 0 saturated carbocycles. The molecular weight excluding hydrogens is 237 g/mol. The van der Waals surface area contributed by atoms with Crippen molar-refractivity contribution in [1.82, 2.24) is 4.90 Å². The number of alkyl halides is 3. The number of hydrogen-bond acceptors (Lipinski definition) is 4. The predicted octanol–water partition coefficient (Wildman–Crippen LogP) is 1.15. The summed E-state index contributed by atoms with van der Waals surface area (Å²) in [4.78, 5) is 12.5. The molecule has 0 rings (SSSR count). The van der Waals surface area contributed by atoms with Crippen LogP contribution in [0.25, 0.3) is 0 Å². The number of carbonyl (C=O) groups is 1. The Morgan fingerprint density at radius 2 is 1.82 bits per heavy atom. The van der Waals surface area contributed by atoms with Gasteiger partial charge in [-0.15, -0.1) is 0 Å². The van der Waals surface area contributed by atoms with Crippen LogP contribution >= 0.6 is 0 Å². The Hall–Kier alpha value is -0.820. The third-order valence-electron chi connectivity index (χ3n) is 2.14. The van der Waals surface area contributed by atoms with E-state index in [1.165, 1.54) is 6.92 Å². The third-order valence-corrected chi connectivity index (χ3v) is 2.14. The van der Waals surface area contributed by atoms with Crippen LogP contribution in [0.2, 0.25) is 0 Å². The van der Waals surface area contributed by atoms with Gasteiger partial charge in [-0.05, 0) is 20.4 Å². The first-order chi connectivity index (χ1) is 7.62. The van der Waals surface area contributed by atoms with Crippen LogP contribution in [0.1, 0.15) is 20.8 Å². The number of carbonyl (C=O) groups excluding carboxylic acids is 1. The summed E-state index contributed by atoms with van der Waals surface area (Å²) in [5.74, 6) is -0.694. The number of nitrogens with zero attached hydrogens (tertiary/aromatic N) is 1. The first kappa shape index (κ1) is 16.2. The summed E-state index contributed by atoms with van der Waals surface area (Å²) in [6, 6.07) is 0. The summed E-state index contributed by atoms with van der Waals surface area (Å²) in [5, 5.41) is 0. The van der Waals surface area contributed by atoms with Gasteiger partial charge in [0.1, 0.15) is 5.54 Å². The van der Waals surface area contributed by atoms with Gasteiger partial charge >= 0.3 is 12.1 Å². The summed E-state index contributed by atoms with van der Waals surface area (Å²) >= 11 is 0. The van der Waals surface area contributed by atoms with E-state index < -0.39 is 24.2 Å². The Morgan fingerprint density at radius 3 is 2.18 bits per heavy atom. The van der Waals surface area contributed by atoms with Gasteiger partial charge in [0, 0.05) is 6.54 Å². The molecule has 0 spiro atoms. The molecule has 0 aliphatic rings. The van der Waals surface area contributed by atoms with Crippen molar-refractivity contribution in [2.75, 3.05) is 26.2 Å². The number of esters is 1. The molecule has 0 aliphatic carbocycles. The van der Waals surface area contributed by atoms with Crippen LogP contribution in [0.15, 0.2) is 0 Å². The van der Waals surface area contributed by atoms with Crippen molar-refractivity contribution in [2.45, 2.75) is 32.5 Å². The zero-order chi connectivity index (χ0) is 13.7. The van der Waals surface area contributed by atoms with E-state index >= 15 is 0 Å². The van der Waals surface area contributed by atoms with Gasteiger partial charge in [0.05, 0.1) is 13.2 Å². The van der Waals surface area contributed by atoms with E-state index in [2.05, 4.69) is 0 Å². The zero-order valence-electron chi connectivity index (χ0n) is 10.3. The molecule has 0 aromatic carbocycles. The maximum atomic E-state index is 12.2. The highest BCUT2D eigenvalue weighted by molar-refractivity contribution is 5.80. The molecule has 0 aliphatic heterocycles. The molecule has 1 atom stereocenters. The third kappa shape index (κ3) is 6.48. The van der Waals surface area contributed by atoms with Crippen LogP contribution in [-0.4, -0.2) is 48.8 Å². The van der Waals surface area contributed by atoms with Crippen molar-refractivity contribution in [1.29, 1.82) is 0 Å². The minimum absolute atomic E-state index is 0.150. The van der Waals surface area contributed by atoms with Gasteiger partial charge in [-0.3, -0.25) is 9.69 Å². The van der Waals surface area contributed by atoms with Gasteiger partial charge in [-0.2, -0.15) is 13.2 Å². The Morgan fingerprint density at radius 1 is 1.29 bits per heavy atom. The maximum absolute atomic E-state index is 12.2. The molecule has 0 saturated heterocycles. The lowest BCUT2D eigenvalue weighted by Gasteiger charge is -2.30. The highest BCUT2D eigenvalue weighted by Crippen LogP contribution is 2.17. The van der Waals surface area contributed by atoms with E-state index in [-0.39, 0.29) is 19.7 Å². The quantitative estimate of drug-likeness (QED) is 0.724. The number of likely N-dealkylation sites (N-methyl/N-ethyl adjacent to an activating group) is 1. The smallest absolute Gasteiger partial charge is 0.401 e. The Bertz CT molecular complexity index is 254. The second kappa shape index (κ2) is 6.20. The predicted molar refractivity (Wildman–Crippen MR) is 57.4 cm³/mol. The SMILES string of the molecule is CCOC(=O)C(C)(N)CN(CC)CC(F)(F)F. The fraction of sp³-hybridized carbons (Fsp3) is 0.900. The maximum Gasteiger partial charge on any atom is 0.401 e. The van der Waals surface area contributed by atoms with Crippen LogP contribution in [0.4, 0.5) is 13.2 Å². The molecule has 0 amide bonds. The van der Waals surface area contributed by atoms with E-state index in [0.717, 1.165) is 4.90 Å². The number of halogens is 3. The molecule has 0 aromatic heterocycles. The van der Waals surface area contributed by atoms with E-state index in [9.17, 15) is 18.0 Å². The van der Waals surface area contributed by atoms with Crippen LogP contribution in [0, 0.1) is 0 Å². The van der Waals surface area contributed by atoms with Crippen molar-refractivity contribution >= 4 is 5.97 Å². The van der Waals surface area contributed by atoms with Crippen LogP contribution in [0.5, 0.6) is 0 Å². The molecule has 0 radical (unpaired) electrons. The lowest BCUT2D eigenvalue weighted by atomic mass is 10.0. The van der Waals surface area contributed by atoms with Gasteiger partial charge in [0.2, 0.25) is 0 Å². The minimum Gasteiger partial charge on any atom is -0.465 e. The highest BCUT2D eigenvalue weighted by Gasteiger charge is 2.36. The average Bonchev–Trinajstić information content (AvgIpc) is 2.14. The van der Waals surface area contributed by atoms with Gasteiger partial charge in [-0.1, -0.05) is 6.92 Å². The topological polar surface area (TPSA) is 55.6 Å². The van der Waals surface area contributed by atoms with Gasteiger partial charge in [0.25, 0.3) is 0 Å². The molecule has 2 N–H and O–H groups in total. The first-order valence-corrected chi connectivity index (χ1v) is 5.37. The minimum atomic E-state index is -4.30. The molecule has 1 unspecified atom stereocenters. The number of rotatable bonds is 6. The van der Waals surface area contributed by atoms with E-state index in [0.29, 0.717) is 0 Å². The lowest BCUT2D eigenvalue weighted by Crippen LogP contribution is -2.55. The molecule has 17 heavy (non-hydrogen) atoms. The standard InChI is InChI=1S/C10H19F3N2O2/c1-4-15(7-10(11,12)13)6-9(3,14)8(16)17-5-2/h4-7,14H2,1-3H3. The zero-order valence-corrected chi connectivity index (χ0v) is 10.3. The van der Waals surface area contributed by atoms with E-state index in [1.54, 1.807) is 13.8 Å². The summed E-state index contributed by atoms with van der Waals surface area (Å²) in [5.41, 5.74) is 4.22. The summed E-state index contributed by atoms with van der Waals surface area (Å²) < 4.78 is 41.4. The lowest BCUT2D eigenvalue weighted by molar-refractivity contribution is -0.157. The first-order valence-electron chi connectivity index (χ1n) is 5.37. The van der Waals surface area contributed by atoms with Gasteiger partial charge in [-0.25, -0.2) is 0 Å². The van der Waals surface area contributed by atoms with Crippen LogP contribution in [0.3, 0.4) is 0 Å². The Labute approximate surface area is 98.9 Å². The van der Waals surface area contributed by atoms with Crippen molar-refractivity contribution in [2.24, 2.45) is 5.73 Å². The number of nitrogens with two attached hydrogens (primary N) is 1. The fourth-order valence-electron chi connectivity index (χ4n) is 1.36. The molecule has 0 bridgehead atoms. The van der Waals surface area contributed by atoms with E-state index in [4.69, 9.17) is 10.5 Å². The van der Waals surface area contributed by atoms with Crippen molar-refractivity contribution < 1.29 is 22.7 Å². The van der Waals surface area contributed by atoms with Crippen LogP contribution in [-0.2, 0) is 9.53 Å². The normalized spacial score (nSPS) is 15.8. The van der Waals surface area contributed by atoms with Crippen molar-refractivity contribution in [3.63, 3.8) is 0 Å². The number of ether oxygens (including phenoxy) is 1. The van der Waals surface area contributed by atoms with Crippen LogP contribution < -0.4 is 5.73 Å². The second-order valence-corrected chi connectivity index (χ2v) is 4.06. The molecule has 0 fully saturated rings. The molecule has 0 aromatic rings. The molecule has 7 heteroatoms. The monoisotopic (exact) mass is 256 g/mol. The van der Waals surface area contributed by atoms with Crippen molar-refractivity contribution in [3.8, 4) is 0 Å². The molecular formula is C10H19F3N2O2. The average molecular weight is 256 g/mol. The van der Waals surface area contributed by atoms with Gasteiger partial charge < -0.3 is 10.5 Å². The summed E-state index contributed by atoms with van der Waals surface area (Å²) in [6.07, 6.45) is -4.30. The Kier molecular flexibility index (Phi) is 5.91. The number of hydrogen-bond donors (Lipinski definition) is 1. The molecule has 0 heterocycles.